The van der Waals surface area contributed by atoms with Crippen molar-refractivity contribution in [3.05, 3.63) is 58.0 Å². The van der Waals surface area contributed by atoms with E-state index in [1.165, 1.54) is 18.2 Å². The molecule has 2 aromatic rings. The number of amides is 1. The lowest BCUT2D eigenvalue weighted by molar-refractivity contribution is -0.139. The minimum atomic E-state index is -4.82. The molecule has 1 N–H and O–H groups in total. The lowest BCUT2D eigenvalue weighted by Gasteiger charge is -2.12. The molecule has 26 heavy (non-hydrogen) atoms. The van der Waals surface area contributed by atoms with Crippen molar-refractivity contribution in [3.8, 4) is 0 Å². The molecule has 0 aliphatic heterocycles. The maximum atomic E-state index is 12.8. The van der Waals surface area contributed by atoms with E-state index in [0.717, 1.165) is 18.5 Å². The van der Waals surface area contributed by atoms with Crippen LogP contribution in [0.4, 0.5) is 18.9 Å². The first-order chi connectivity index (χ1) is 11.9. The van der Waals surface area contributed by atoms with Gasteiger partial charge in [0.1, 0.15) is 12.1 Å². The van der Waals surface area contributed by atoms with Gasteiger partial charge in [-0.2, -0.15) is 13.2 Å². The SMILES string of the molecule is Cc1ccc(S(C)(=O)=O)cc1NC(=O)Cn1cccc(C(F)(F)F)c1=O. The molecule has 1 amide bonds. The maximum absolute atomic E-state index is 12.8. The number of alkyl halides is 3. The van der Waals surface area contributed by atoms with Gasteiger partial charge in [-0.1, -0.05) is 6.07 Å². The number of hydrogen-bond acceptors (Lipinski definition) is 4. The fourth-order valence-corrected chi connectivity index (χ4v) is 2.84. The van der Waals surface area contributed by atoms with Crippen LogP contribution in [0, 0.1) is 6.92 Å². The van der Waals surface area contributed by atoms with Gasteiger partial charge in [-0.3, -0.25) is 9.59 Å². The Morgan fingerprint density at radius 1 is 1.23 bits per heavy atom. The number of nitrogens with zero attached hydrogens (tertiary/aromatic N) is 1. The first kappa shape index (κ1) is 19.7. The highest BCUT2D eigenvalue weighted by atomic mass is 32.2. The van der Waals surface area contributed by atoms with Crippen molar-refractivity contribution in [2.75, 3.05) is 11.6 Å². The van der Waals surface area contributed by atoms with Gasteiger partial charge in [0.2, 0.25) is 5.91 Å². The number of anilines is 1. The summed E-state index contributed by atoms with van der Waals surface area (Å²) in [6, 6.07) is 5.76. The molecule has 2 rings (SSSR count). The van der Waals surface area contributed by atoms with Gasteiger partial charge in [-0.15, -0.1) is 0 Å². The molecule has 10 heteroatoms. The van der Waals surface area contributed by atoms with Crippen molar-refractivity contribution in [3.63, 3.8) is 0 Å². The monoisotopic (exact) mass is 388 g/mol. The third-order valence-electron chi connectivity index (χ3n) is 3.55. The van der Waals surface area contributed by atoms with Crippen LogP contribution in [0.15, 0.2) is 46.2 Å². The van der Waals surface area contributed by atoms with Crippen LogP contribution >= 0.6 is 0 Å². The molecule has 0 radical (unpaired) electrons. The van der Waals surface area contributed by atoms with E-state index in [1.54, 1.807) is 6.92 Å². The number of aromatic nitrogens is 1. The van der Waals surface area contributed by atoms with E-state index in [0.29, 0.717) is 16.2 Å². The molecule has 0 aliphatic carbocycles. The summed E-state index contributed by atoms with van der Waals surface area (Å²) < 4.78 is 62.1. The van der Waals surface area contributed by atoms with E-state index in [1.807, 2.05) is 0 Å². The number of aryl methyl sites for hydroxylation is 1. The normalized spacial score (nSPS) is 12.0. The number of sulfone groups is 1. The van der Waals surface area contributed by atoms with E-state index in [2.05, 4.69) is 5.32 Å². The van der Waals surface area contributed by atoms with E-state index >= 15 is 0 Å². The summed E-state index contributed by atoms with van der Waals surface area (Å²) in [5.74, 6) is -0.764. The number of nitrogens with one attached hydrogen (secondary N) is 1. The zero-order chi connectivity index (χ0) is 19.7. The number of benzene rings is 1. The molecule has 1 aromatic heterocycles. The van der Waals surface area contributed by atoms with Crippen molar-refractivity contribution in [1.82, 2.24) is 4.57 Å². The highest BCUT2D eigenvalue weighted by Crippen LogP contribution is 2.26. The van der Waals surface area contributed by atoms with Crippen molar-refractivity contribution >= 4 is 21.4 Å². The molecular weight excluding hydrogens is 373 g/mol. The van der Waals surface area contributed by atoms with Crippen LogP contribution in [-0.2, 0) is 27.4 Å². The topological polar surface area (TPSA) is 85.2 Å². The average Bonchev–Trinajstić information content (AvgIpc) is 2.49. The Balaban J connectivity index is 2.27. The first-order valence-electron chi connectivity index (χ1n) is 7.27. The Labute approximate surface area is 147 Å². The number of carbonyl (C=O) groups is 1. The predicted molar refractivity (Wildman–Crippen MR) is 88.6 cm³/mol. The average molecular weight is 388 g/mol. The summed E-state index contributed by atoms with van der Waals surface area (Å²) in [4.78, 5) is 23.9. The van der Waals surface area contributed by atoms with Crippen LogP contribution in [0.5, 0.6) is 0 Å². The lowest BCUT2D eigenvalue weighted by atomic mass is 10.2. The van der Waals surface area contributed by atoms with Crippen LogP contribution in [-0.4, -0.2) is 25.1 Å². The zero-order valence-electron chi connectivity index (χ0n) is 13.8. The van der Waals surface area contributed by atoms with Crippen LogP contribution in [0.2, 0.25) is 0 Å². The number of halogens is 3. The van der Waals surface area contributed by atoms with Gasteiger partial charge in [-0.25, -0.2) is 8.42 Å². The quantitative estimate of drug-likeness (QED) is 0.870. The Morgan fingerprint density at radius 3 is 2.46 bits per heavy atom. The van der Waals surface area contributed by atoms with Gasteiger partial charge in [0.05, 0.1) is 4.90 Å². The fourth-order valence-electron chi connectivity index (χ4n) is 2.19. The molecule has 0 spiro atoms. The summed E-state index contributed by atoms with van der Waals surface area (Å²) in [7, 11) is -3.50. The molecule has 1 aromatic carbocycles. The smallest absolute Gasteiger partial charge is 0.324 e. The minimum absolute atomic E-state index is 0.0189. The second-order valence-corrected chi connectivity index (χ2v) is 7.67. The van der Waals surface area contributed by atoms with Crippen molar-refractivity contribution in [1.29, 1.82) is 0 Å². The standard InChI is InChI=1S/C16H15F3N2O4S/c1-10-5-6-11(26(2,24)25)8-13(10)20-14(22)9-21-7-3-4-12(15(21)23)16(17,18)19/h3-8H,9H2,1-2H3,(H,20,22). The molecular formula is C16H15F3N2O4S. The molecule has 0 fully saturated rings. The number of rotatable bonds is 4. The van der Waals surface area contributed by atoms with E-state index in [9.17, 15) is 31.2 Å². The van der Waals surface area contributed by atoms with Crippen LogP contribution in [0.3, 0.4) is 0 Å². The predicted octanol–water partition coefficient (Wildman–Crippen LogP) is 2.22. The fraction of sp³-hybridized carbons (Fsp3) is 0.250. The van der Waals surface area contributed by atoms with Crippen LogP contribution in [0.25, 0.3) is 0 Å². The van der Waals surface area contributed by atoms with E-state index < -0.39 is 39.6 Å². The molecule has 0 saturated heterocycles. The molecule has 0 aliphatic rings. The highest BCUT2D eigenvalue weighted by Gasteiger charge is 2.34. The molecule has 6 nitrogen and oxygen atoms in total. The molecule has 0 saturated carbocycles. The molecule has 0 unspecified atom stereocenters. The van der Waals surface area contributed by atoms with Gasteiger partial charge in [0.15, 0.2) is 9.84 Å². The number of carbonyl (C=O) groups excluding carboxylic acids is 1. The molecule has 1 heterocycles. The second kappa shape index (κ2) is 6.94. The Bertz CT molecular complexity index is 1010. The summed E-state index contributed by atoms with van der Waals surface area (Å²) in [5, 5.41) is 2.41. The van der Waals surface area contributed by atoms with Crippen molar-refractivity contribution in [2.45, 2.75) is 24.5 Å². The Morgan fingerprint density at radius 2 is 1.88 bits per heavy atom. The summed E-state index contributed by atoms with van der Waals surface area (Å²) in [5.41, 5.74) is -1.96. The largest absolute Gasteiger partial charge is 0.421 e. The molecule has 0 atom stereocenters. The van der Waals surface area contributed by atoms with Gasteiger partial charge >= 0.3 is 6.18 Å². The minimum Gasteiger partial charge on any atom is -0.324 e. The maximum Gasteiger partial charge on any atom is 0.421 e. The van der Waals surface area contributed by atoms with Crippen LogP contribution < -0.4 is 10.9 Å². The first-order valence-corrected chi connectivity index (χ1v) is 9.16. The van der Waals surface area contributed by atoms with Gasteiger partial charge in [0.25, 0.3) is 5.56 Å². The Hall–Kier alpha value is -2.62. The van der Waals surface area contributed by atoms with Crippen LogP contribution in [0.1, 0.15) is 11.1 Å². The van der Waals surface area contributed by atoms with Gasteiger partial charge in [0, 0.05) is 18.1 Å². The summed E-state index contributed by atoms with van der Waals surface area (Å²) in [6.07, 6.45) is -2.75. The number of hydrogen-bond donors (Lipinski definition) is 1. The lowest BCUT2D eigenvalue weighted by Crippen LogP contribution is -2.32. The summed E-state index contributed by atoms with van der Waals surface area (Å²) >= 11 is 0. The molecule has 140 valence electrons. The van der Waals surface area contributed by atoms with E-state index in [4.69, 9.17) is 0 Å². The van der Waals surface area contributed by atoms with Crippen molar-refractivity contribution < 1.29 is 26.4 Å². The third-order valence-corrected chi connectivity index (χ3v) is 4.66. The van der Waals surface area contributed by atoms with Gasteiger partial charge in [-0.05, 0) is 36.8 Å². The molecule has 0 bridgehead atoms. The highest BCUT2D eigenvalue weighted by molar-refractivity contribution is 7.90. The second-order valence-electron chi connectivity index (χ2n) is 5.65. The summed E-state index contributed by atoms with van der Waals surface area (Å²) in [6.45, 7) is 0.976. The zero-order valence-corrected chi connectivity index (χ0v) is 14.6. The van der Waals surface area contributed by atoms with E-state index in [-0.39, 0.29) is 10.6 Å². The third kappa shape index (κ3) is 4.51. The Kier molecular flexibility index (Phi) is 5.26. The van der Waals surface area contributed by atoms with Crippen molar-refractivity contribution in [2.24, 2.45) is 0 Å². The van der Waals surface area contributed by atoms with Gasteiger partial charge < -0.3 is 9.88 Å². The number of pyridine rings is 1.